The molecule has 128 valence electrons. The molecule has 0 radical (unpaired) electrons. The van der Waals surface area contributed by atoms with E-state index >= 15 is 0 Å². The number of carbonyl (C=O) groups is 3. The second kappa shape index (κ2) is 6.63. The molecule has 1 saturated heterocycles. The number of hydrogen-bond acceptors (Lipinski definition) is 4. The van der Waals surface area contributed by atoms with Crippen molar-refractivity contribution in [3.05, 3.63) is 35.9 Å². The van der Waals surface area contributed by atoms with Crippen molar-refractivity contribution in [2.75, 3.05) is 13.2 Å². The number of nitrogens with two attached hydrogens (primary N) is 1. The third-order valence-electron chi connectivity index (χ3n) is 4.95. The number of ether oxygens (including phenoxy) is 1. The monoisotopic (exact) mass is 330 g/mol. The summed E-state index contributed by atoms with van der Waals surface area (Å²) in [6.45, 7) is 0.144. The molecule has 1 aliphatic carbocycles. The van der Waals surface area contributed by atoms with Gasteiger partial charge in [0.25, 0.3) is 5.91 Å². The molecule has 2 N–H and O–H groups in total. The van der Waals surface area contributed by atoms with Gasteiger partial charge in [-0.2, -0.15) is 0 Å². The number of piperidine rings is 1. The van der Waals surface area contributed by atoms with Gasteiger partial charge in [0.05, 0.1) is 5.41 Å². The quantitative estimate of drug-likeness (QED) is 0.820. The first-order valence-corrected chi connectivity index (χ1v) is 8.36. The fourth-order valence-corrected chi connectivity index (χ4v) is 3.37. The van der Waals surface area contributed by atoms with Crippen LogP contribution in [-0.4, -0.2) is 41.9 Å². The summed E-state index contributed by atoms with van der Waals surface area (Å²) in [4.78, 5) is 37.7. The summed E-state index contributed by atoms with van der Waals surface area (Å²) in [6.07, 6.45) is 3.74. The van der Waals surface area contributed by atoms with Gasteiger partial charge in [0, 0.05) is 6.54 Å². The Hall–Kier alpha value is -2.37. The van der Waals surface area contributed by atoms with Crippen LogP contribution < -0.4 is 5.73 Å². The Labute approximate surface area is 140 Å². The number of rotatable bonds is 5. The molecule has 6 nitrogen and oxygen atoms in total. The molecule has 2 fully saturated rings. The van der Waals surface area contributed by atoms with Gasteiger partial charge in [-0.3, -0.25) is 14.4 Å². The van der Waals surface area contributed by atoms with Crippen molar-refractivity contribution in [3.8, 4) is 0 Å². The molecule has 0 spiro atoms. The lowest BCUT2D eigenvalue weighted by Gasteiger charge is -2.33. The van der Waals surface area contributed by atoms with E-state index in [1.54, 1.807) is 0 Å². The maximum Gasteiger partial charge on any atom is 0.317 e. The molecule has 1 heterocycles. The number of hydrogen-bond donors (Lipinski definition) is 1. The zero-order valence-corrected chi connectivity index (χ0v) is 13.6. The molecule has 0 bridgehead atoms. The highest BCUT2D eigenvalue weighted by Crippen LogP contribution is 2.49. The Morgan fingerprint density at radius 3 is 2.50 bits per heavy atom. The van der Waals surface area contributed by atoms with E-state index < -0.39 is 17.4 Å². The summed E-state index contributed by atoms with van der Waals surface area (Å²) in [7, 11) is 0. The molecule has 1 aromatic rings. The fourth-order valence-electron chi connectivity index (χ4n) is 3.37. The average molecular weight is 330 g/mol. The fraction of sp³-hybridized carbons (Fsp3) is 0.500. The average Bonchev–Trinajstić information content (AvgIpc) is 3.42. The number of primary amides is 1. The summed E-state index contributed by atoms with van der Waals surface area (Å²) < 4.78 is 5.28. The Morgan fingerprint density at radius 2 is 1.88 bits per heavy atom. The van der Waals surface area contributed by atoms with Crippen LogP contribution in [0, 0.1) is 0 Å². The Morgan fingerprint density at radius 1 is 1.17 bits per heavy atom. The zero-order chi connectivity index (χ0) is 17.2. The largest absolute Gasteiger partial charge is 0.455 e. The van der Waals surface area contributed by atoms with Crippen LogP contribution in [0.2, 0.25) is 0 Å². The van der Waals surface area contributed by atoms with Crippen molar-refractivity contribution < 1.29 is 19.1 Å². The van der Waals surface area contributed by atoms with Crippen LogP contribution in [0.25, 0.3) is 0 Å². The highest BCUT2D eigenvalue weighted by Gasteiger charge is 2.52. The van der Waals surface area contributed by atoms with Crippen LogP contribution in [0.4, 0.5) is 0 Å². The highest BCUT2D eigenvalue weighted by molar-refractivity contribution is 5.91. The van der Waals surface area contributed by atoms with Crippen LogP contribution in [0.5, 0.6) is 0 Å². The van der Waals surface area contributed by atoms with E-state index in [2.05, 4.69) is 0 Å². The lowest BCUT2D eigenvalue weighted by molar-refractivity contribution is -0.156. The molecule has 2 aliphatic rings. The number of likely N-dealkylation sites (tertiary alicyclic amines) is 1. The standard InChI is InChI=1S/C18H22N2O4/c19-16(22)14-8-4-5-11-20(14)15(21)12-24-17(23)18(9-10-18)13-6-2-1-3-7-13/h1-3,6-7,14H,4-5,8-12H2,(H2,19,22)/t14-/m1/s1. The predicted octanol–water partition coefficient (Wildman–Crippen LogP) is 1.13. The molecule has 0 aromatic heterocycles. The van der Waals surface area contributed by atoms with Crippen molar-refractivity contribution in [3.63, 3.8) is 0 Å². The maximum absolute atomic E-state index is 12.4. The normalized spacial score (nSPS) is 21.8. The van der Waals surface area contributed by atoms with Gasteiger partial charge in [-0.05, 0) is 37.7 Å². The van der Waals surface area contributed by atoms with Crippen molar-refractivity contribution in [1.29, 1.82) is 0 Å². The number of carbonyl (C=O) groups excluding carboxylic acids is 3. The molecule has 1 atom stereocenters. The van der Waals surface area contributed by atoms with E-state index in [0.717, 1.165) is 31.2 Å². The van der Waals surface area contributed by atoms with E-state index in [0.29, 0.717) is 13.0 Å². The second-order valence-corrected chi connectivity index (χ2v) is 6.53. The van der Waals surface area contributed by atoms with E-state index in [1.165, 1.54) is 4.90 Å². The van der Waals surface area contributed by atoms with Gasteiger partial charge in [-0.1, -0.05) is 30.3 Å². The second-order valence-electron chi connectivity index (χ2n) is 6.53. The van der Waals surface area contributed by atoms with E-state index in [-0.39, 0.29) is 18.5 Å². The minimum atomic E-state index is -0.605. The molecule has 1 aromatic carbocycles. The first-order valence-electron chi connectivity index (χ1n) is 8.36. The van der Waals surface area contributed by atoms with Crippen molar-refractivity contribution in [2.45, 2.75) is 43.6 Å². The Kier molecular flexibility index (Phi) is 4.55. The summed E-state index contributed by atoms with van der Waals surface area (Å²) in [5.74, 6) is -1.22. The minimum absolute atomic E-state index is 0.336. The summed E-state index contributed by atoms with van der Waals surface area (Å²) in [6, 6.07) is 8.90. The van der Waals surface area contributed by atoms with Gasteiger partial charge in [0.1, 0.15) is 6.04 Å². The number of nitrogens with zero attached hydrogens (tertiary/aromatic N) is 1. The molecule has 1 saturated carbocycles. The van der Waals surface area contributed by atoms with Crippen LogP contribution in [0.3, 0.4) is 0 Å². The number of benzene rings is 1. The maximum atomic E-state index is 12.4. The van der Waals surface area contributed by atoms with Crippen LogP contribution >= 0.6 is 0 Å². The third kappa shape index (κ3) is 3.13. The zero-order valence-electron chi connectivity index (χ0n) is 13.6. The van der Waals surface area contributed by atoms with Gasteiger partial charge < -0.3 is 15.4 Å². The smallest absolute Gasteiger partial charge is 0.317 e. The molecule has 2 amide bonds. The molecular formula is C18H22N2O4. The Bertz CT molecular complexity index is 640. The lowest BCUT2D eigenvalue weighted by atomic mass is 9.96. The molecule has 1 aliphatic heterocycles. The van der Waals surface area contributed by atoms with E-state index in [9.17, 15) is 14.4 Å². The predicted molar refractivity (Wildman–Crippen MR) is 86.9 cm³/mol. The summed E-state index contributed by atoms with van der Waals surface area (Å²) in [5, 5.41) is 0. The minimum Gasteiger partial charge on any atom is -0.455 e. The molecule has 6 heteroatoms. The van der Waals surface area contributed by atoms with E-state index in [4.69, 9.17) is 10.5 Å². The van der Waals surface area contributed by atoms with Gasteiger partial charge in [-0.25, -0.2) is 0 Å². The summed E-state index contributed by atoms with van der Waals surface area (Å²) >= 11 is 0. The number of esters is 1. The van der Waals surface area contributed by atoms with Crippen LogP contribution in [0.1, 0.15) is 37.7 Å². The first kappa shape index (κ1) is 16.5. The van der Waals surface area contributed by atoms with Gasteiger partial charge in [0.15, 0.2) is 6.61 Å². The summed E-state index contributed by atoms with van der Waals surface area (Å²) in [5.41, 5.74) is 5.69. The SMILES string of the molecule is NC(=O)[C@H]1CCCCN1C(=O)COC(=O)C1(c2ccccc2)CC1. The third-order valence-corrected chi connectivity index (χ3v) is 4.95. The Balaban J connectivity index is 1.60. The molecule has 0 unspecified atom stereocenters. The van der Waals surface area contributed by atoms with Crippen molar-refractivity contribution in [1.82, 2.24) is 4.90 Å². The molecule has 24 heavy (non-hydrogen) atoms. The van der Waals surface area contributed by atoms with Gasteiger partial charge >= 0.3 is 5.97 Å². The highest BCUT2D eigenvalue weighted by atomic mass is 16.5. The first-order chi connectivity index (χ1) is 11.5. The molecular weight excluding hydrogens is 308 g/mol. The van der Waals surface area contributed by atoms with Gasteiger partial charge in [-0.15, -0.1) is 0 Å². The van der Waals surface area contributed by atoms with Crippen molar-refractivity contribution in [2.24, 2.45) is 5.73 Å². The molecule has 3 rings (SSSR count). The van der Waals surface area contributed by atoms with Gasteiger partial charge in [0.2, 0.25) is 5.91 Å². The van der Waals surface area contributed by atoms with Crippen molar-refractivity contribution >= 4 is 17.8 Å². The van der Waals surface area contributed by atoms with Crippen LogP contribution in [0.15, 0.2) is 30.3 Å². The topological polar surface area (TPSA) is 89.7 Å². The van der Waals surface area contributed by atoms with E-state index in [1.807, 2.05) is 30.3 Å². The number of amides is 2. The lowest BCUT2D eigenvalue weighted by Crippen LogP contribution is -2.51. The van der Waals surface area contributed by atoms with Crippen LogP contribution in [-0.2, 0) is 24.5 Å².